The van der Waals surface area contributed by atoms with Crippen molar-refractivity contribution in [1.29, 1.82) is 5.26 Å². The summed E-state index contributed by atoms with van der Waals surface area (Å²) in [5.74, 6) is 0.316. The molecule has 0 aliphatic heterocycles. The molecule has 0 bridgehead atoms. The number of nitrogens with zero attached hydrogens (tertiary/aromatic N) is 2. The van der Waals surface area contributed by atoms with Gasteiger partial charge in [0.25, 0.3) is 0 Å². The number of ether oxygens (including phenoxy) is 2. The van der Waals surface area contributed by atoms with Gasteiger partial charge in [-0.05, 0) is 36.4 Å². The second kappa shape index (κ2) is 8.84. The minimum atomic E-state index is -0.453. The van der Waals surface area contributed by atoms with Crippen LogP contribution in [0.1, 0.15) is 15.4 Å². The Balaban J connectivity index is 1.84. The van der Waals surface area contributed by atoms with Gasteiger partial charge in [-0.25, -0.2) is 9.78 Å². The number of rotatable bonds is 6. The van der Waals surface area contributed by atoms with Gasteiger partial charge in [-0.2, -0.15) is 5.26 Å². The van der Waals surface area contributed by atoms with E-state index in [0.29, 0.717) is 21.8 Å². The molecule has 0 radical (unpaired) electrons. The Morgan fingerprint density at radius 3 is 2.61 bits per heavy atom. The van der Waals surface area contributed by atoms with Crippen LogP contribution in [0.3, 0.4) is 0 Å². The predicted molar refractivity (Wildman–Crippen MR) is 109 cm³/mol. The Morgan fingerprint density at radius 1 is 1.18 bits per heavy atom. The summed E-state index contributed by atoms with van der Waals surface area (Å²) in [4.78, 5) is 16.4. The van der Waals surface area contributed by atoms with Crippen molar-refractivity contribution < 1.29 is 14.3 Å². The molecule has 6 nitrogen and oxygen atoms in total. The number of anilines is 1. The summed E-state index contributed by atoms with van der Waals surface area (Å²) in [6.45, 7) is 0. The third-order valence-electron chi connectivity index (χ3n) is 3.95. The van der Waals surface area contributed by atoms with E-state index in [-0.39, 0.29) is 0 Å². The van der Waals surface area contributed by atoms with Crippen molar-refractivity contribution in [2.45, 2.75) is 0 Å². The monoisotopic (exact) mass is 391 g/mol. The van der Waals surface area contributed by atoms with E-state index in [2.05, 4.69) is 16.4 Å². The zero-order chi connectivity index (χ0) is 19.9. The van der Waals surface area contributed by atoms with Gasteiger partial charge in [-0.15, -0.1) is 11.3 Å². The number of para-hydroxylation sites is 1. The summed E-state index contributed by atoms with van der Waals surface area (Å²) in [6, 6.07) is 16.6. The number of hydrogen-bond acceptors (Lipinski definition) is 7. The molecule has 0 saturated carbocycles. The number of nitriles is 1. The zero-order valence-corrected chi connectivity index (χ0v) is 16.1. The standard InChI is InChI=1S/C21H17N3O3S/c1-26-16-9-7-14(8-10-16)19-13-28-20(24-19)15(11-22)12-23-18-6-4-3-5-17(18)21(25)27-2/h3-10,12-13,23H,1-2H3. The molecule has 2 aromatic carbocycles. The van der Waals surface area contributed by atoms with E-state index in [4.69, 9.17) is 9.47 Å². The molecule has 140 valence electrons. The van der Waals surface area contributed by atoms with Gasteiger partial charge < -0.3 is 14.8 Å². The molecule has 3 aromatic rings. The average Bonchev–Trinajstić information content (AvgIpc) is 3.24. The van der Waals surface area contributed by atoms with Gasteiger partial charge in [0.15, 0.2) is 0 Å². The first-order chi connectivity index (χ1) is 13.7. The molecule has 0 saturated heterocycles. The van der Waals surface area contributed by atoms with E-state index in [1.807, 2.05) is 29.6 Å². The van der Waals surface area contributed by atoms with Crippen molar-refractivity contribution in [1.82, 2.24) is 4.98 Å². The van der Waals surface area contributed by atoms with Crippen molar-refractivity contribution in [3.05, 3.63) is 70.7 Å². The van der Waals surface area contributed by atoms with Crippen LogP contribution in [0.2, 0.25) is 0 Å². The Bertz CT molecular complexity index is 1050. The van der Waals surface area contributed by atoms with E-state index in [9.17, 15) is 10.1 Å². The number of thiazole rings is 1. The van der Waals surface area contributed by atoms with Crippen LogP contribution in [-0.4, -0.2) is 25.2 Å². The molecular formula is C21H17N3O3S. The number of aromatic nitrogens is 1. The lowest BCUT2D eigenvalue weighted by Crippen LogP contribution is -2.05. The SMILES string of the molecule is COC(=O)c1ccccc1NC=C(C#N)c1nc(-c2ccc(OC)cc2)cs1. The largest absolute Gasteiger partial charge is 0.497 e. The smallest absolute Gasteiger partial charge is 0.339 e. The van der Waals surface area contributed by atoms with Gasteiger partial charge >= 0.3 is 5.97 Å². The van der Waals surface area contributed by atoms with Crippen LogP contribution in [0.4, 0.5) is 5.69 Å². The molecule has 28 heavy (non-hydrogen) atoms. The molecule has 7 heteroatoms. The van der Waals surface area contributed by atoms with Crippen LogP contribution in [0, 0.1) is 11.3 Å². The summed E-state index contributed by atoms with van der Waals surface area (Å²) >= 11 is 1.37. The van der Waals surface area contributed by atoms with Gasteiger partial charge in [-0.3, -0.25) is 0 Å². The van der Waals surface area contributed by atoms with Crippen LogP contribution in [0.5, 0.6) is 5.75 Å². The van der Waals surface area contributed by atoms with Gasteiger partial charge in [-0.1, -0.05) is 12.1 Å². The molecule has 0 atom stereocenters. The normalized spacial score (nSPS) is 10.8. The molecule has 0 amide bonds. The number of allylic oxidation sites excluding steroid dienone is 1. The quantitative estimate of drug-likeness (QED) is 0.489. The van der Waals surface area contributed by atoms with Crippen LogP contribution in [-0.2, 0) is 4.74 Å². The van der Waals surface area contributed by atoms with Crippen molar-refractivity contribution in [3.8, 4) is 23.1 Å². The summed E-state index contributed by atoms with van der Waals surface area (Å²) < 4.78 is 9.94. The molecule has 0 fully saturated rings. The van der Waals surface area contributed by atoms with E-state index in [1.54, 1.807) is 37.6 Å². The Hall–Kier alpha value is -3.63. The number of carbonyl (C=O) groups excluding carboxylic acids is 1. The number of nitrogens with one attached hydrogen (secondary N) is 1. The number of carbonyl (C=O) groups is 1. The van der Waals surface area contributed by atoms with Crippen molar-refractivity contribution in [2.75, 3.05) is 19.5 Å². The third kappa shape index (κ3) is 4.19. The van der Waals surface area contributed by atoms with E-state index < -0.39 is 5.97 Å². The molecule has 1 aromatic heterocycles. The maximum atomic E-state index is 11.9. The highest BCUT2D eigenvalue weighted by atomic mass is 32.1. The summed E-state index contributed by atoms with van der Waals surface area (Å²) in [5.41, 5.74) is 3.01. The van der Waals surface area contributed by atoms with Gasteiger partial charge in [0, 0.05) is 17.1 Å². The molecule has 0 aliphatic rings. The van der Waals surface area contributed by atoms with E-state index >= 15 is 0 Å². The third-order valence-corrected chi connectivity index (χ3v) is 4.82. The van der Waals surface area contributed by atoms with Crippen LogP contribution in [0.25, 0.3) is 16.8 Å². The van der Waals surface area contributed by atoms with Crippen LogP contribution in [0.15, 0.2) is 60.1 Å². The van der Waals surface area contributed by atoms with Crippen molar-refractivity contribution in [2.24, 2.45) is 0 Å². The number of benzene rings is 2. The minimum absolute atomic E-state index is 0.365. The first-order valence-corrected chi connectivity index (χ1v) is 9.18. The molecule has 1 N–H and O–H groups in total. The Kier molecular flexibility index (Phi) is 6.04. The highest BCUT2D eigenvalue weighted by molar-refractivity contribution is 7.11. The van der Waals surface area contributed by atoms with Gasteiger partial charge in [0.2, 0.25) is 0 Å². The summed E-state index contributed by atoms with van der Waals surface area (Å²) in [5, 5.41) is 15.0. The highest BCUT2D eigenvalue weighted by Gasteiger charge is 2.12. The Morgan fingerprint density at radius 2 is 1.93 bits per heavy atom. The van der Waals surface area contributed by atoms with E-state index in [1.165, 1.54) is 18.4 Å². The van der Waals surface area contributed by atoms with Gasteiger partial charge in [0.05, 0.1) is 31.2 Å². The van der Waals surface area contributed by atoms with Crippen molar-refractivity contribution >= 4 is 28.6 Å². The maximum Gasteiger partial charge on any atom is 0.339 e. The van der Waals surface area contributed by atoms with Crippen LogP contribution >= 0.6 is 11.3 Å². The lowest BCUT2D eigenvalue weighted by Gasteiger charge is -2.07. The zero-order valence-electron chi connectivity index (χ0n) is 15.3. The average molecular weight is 391 g/mol. The fourth-order valence-corrected chi connectivity index (χ4v) is 3.28. The summed E-state index contributed by atoms with van der Waals surface area (Å²) in [6.07, 6.45) is 1.54. The molecular weight excluding hydrogens is 374 g/mol. The number of methoxy groups -OCH3 is 2. The lowest BCUT2D eigenvalue weighted by atomic mass is 10.1. The molecule has 1 heterocycles. The van der Waals surface area contributed by atoms with E-state index in [0.717, 1.165) is 17.0 Å². The number of esters is 1. The van der Waals surface area contributed by atoms with Crippen molar-refractivity contribution in [3.63, 3.8) is 0 Å². The first-order valence-electron chi connectivity index (χ1n) is 8.30. The molecule has 0 unspecified atom stereocenters. The second-order valence-corrected chi connectivity index (χ2v) is 6.48. The highest BCUT2D eigenvalue weighted by Crippen LogP contribution is 2.27. The fraction of sp³-hybridized carbons (Fsp3) is 0.0952. The lowest BCUT2D eigenvalue weighted by molar-refractivity contribution is 0.0602. The molecule has 3 rings (SSSR count). The first kappa shape index (κ1) is 19.1. The Labute approximate surface area is 166 Å². The minimum Gasteiger partial charge on any atom is -0.497 e. The predicted octanol–water partition coefficient (Wildman–Crippen LogP) is 4.58. The van der Waals surface area contributed by atoms with Gasteiger partial charge in [0.1, 0.15) is 22.4 Å². The maximum absolute atomic E-state index is 11.9. The second-order valence-electron chi connectivity index (χ2n) is 5.62. The fourth-order valence-electron chi connectivity index (χ4n) is 2.48. The van der Waals surface area contributed by atoms with Crippen LogP contribution < -0.4 is 10.1 Å². The molecule has 0 aliphatic carbocycles. The molecule has 0 spiro atoms. The summed E-state index contributed by atoms with van der Waals surface area (Å²) in [7, 11) is 2.94. The topological polar surface area (TPSA) is 84.2 Å². The number of hydrogen-bond donors (Lipinski definition) is 1.